The number of nitrogens with zero attached hydrogens (tertiary/aromatic N) is 2. The van der Waals surface area contributed by atoms with Crippen LogP contribution in [-0.4, -0.2) is 42.9 Å². The molecule has 0 unspecified atom stereocenters. The molecule has 0 spiro atoms. The predicted molar refractivity (Wildman–Crippen MR) is 82.5 cm³/mol. The molecule has 5 heteroatoms. The summed E-state index contributed by atoms with van der Waals surface area (Å²) in [5, 5.41) is 2.85. The summed E-state index contributed by atoms with van der Waals surface area (Å²) in [6.45, 7) is 5.32. The van der Waals surface area contributed by atoms with Crippen LogP contribution < -0.4 is 10.2 Å². The van der Waals surface area contributed by atoms with E-state index >= 15 is 0 Å². The van der Waals surface area contributed by atoms with Crippen LogP contribution in [0.4, 0.5) is 11.4 Å². The van der Waals surface area contributed by atoms with Gasteiger partial charge in [0, 0.05) is 44.0 Å². The summed E-state index contributed by atoms with van der Waals surface area (Å²) in [7, 11) is 0. The third kappa shape index (κ3) is 2.86. The van der Waals surface area contributed by atoms with E-state index in [1.807, 2.05) is 24.0 Å². The highest BCUT2D eigenvalue weighted by molar-refractivity contribution is 5.99. The van der Waals surface area contributed by atoms with Gasteiger partial charge in [-0.05, 0) is 30.2 Å². The first kappa shape index (κ1) is 13.9. The van der Waals surface area contributed by atoms with E-state index in [1.165, 1.54) is 0 Å². The number of rotatable bonds is 3. The molecular weight excluding hydrogens is 266 g/mol. The van der Waals surface area contributed by atoms with Gasteiger partial charge in [-0.15, -0.1) is 0 Å². The molecule has 0 aromatic heterocycles. The normalized spacial score (nSPS) is 17.7. The predicted octanol–water partition coefficient (Wildman–Crippen LogP) is 1.63. The third-order valence-electron chi connectivity index (χ3n) is 4.18. The maximum absolute atomic E-state index is 11.9. The van der Waals surface area contributed by atoms with Gasteiger partial charge in [0.25, 0.3) is 0 Å². The van der Waals surface area contributed by atoms with Gasteiger partial charge in [-0.3, -0.25) is 9.59 Å². The van der Waals surface area contributed by atoms with E-state index in [4.69, 9.17) is 0 Å². The van der Waals surface area contributed by atoms with Crippen molar-refractivity contribution < 1.29 is 9.59 Å². The van der Waals surface area contributed by atoms with Crippen LogP contribution in [0.1, 0.15) is 25.3 Å². The maximum atomic E-state index is 11.9. The van der Waals surface area contributed by atoms with Crippen LogP contribution in [0, 0.1) is 0 Å². The van der Waals surface area contributed by atoms with E-state index < -0.39 is 0 Å². The molecule has 2 aliphatic heterocycles. The van der Waals surface area contributed by atoms with Crippen LogP contribution in [-0.2, 0) is 16.0 Å². The smallest absolute Gasteiger partial charge is 0.228 e. The number of hydrogen-bond acceptors (Lipinski definition) is 3. The Kier molecular flexibility index (Phi) is 3.82. The summed E-state index contributed by atoms with van der Waals surface area (Å²) in [5.41, 5.74) is 3.15. The molecule has 3 rings (SSSR count). The van der Waals surface area contributed by atoms with Crippen molar-refractivity contribution in [3.8, 4) is 0 Å². The number of anilines is 2. The van der Waals surface area contributed by atoms with Crippen molar-refractivity contribution in [2.45, 2.75) is 26.2 Å². The number of hydrogen-bond donors (Lipinski definition) is 1. The Labute approximate surface area is 124 Å². The highest BCUT2D eigenvalue weighted by Crippen LogP contribution is 2.28. The maximum Gasteiger partial charge on any atom is 0.228 e. The number of carbonyl (C=O) groups excluding carboxylic acids is 2. The molecule has 2 aliphatic rings. The molecule has 1 aromatic carbocycles. The summed E-state index contributed by atoms with van der Waals surface area (Å²) >= 11 is 0. The molecule has 0 radical (unpaired) electrons. The fourth-order valence-electron chi connectivity index (χ4n) is 3.00. The molecule has 1 fully saturated rings. The summed E-state index contributed by atoms with van der Waals surface area (Å²) in [4.78, 5) is 27.5. The van der Waals surface area contributed by atoms with Crippen molar-refractivity contribution in [3.63, 3.8) is 0 Å². The zero-order valence-corrected chi connectivity index (χ0v) is 12.4. The van der Waals surface area contributed by atoms with E-state index in [1.54, 1.807) is 0 Å². The van der Waals surface area contributed by atoms with Crippen LogP contribution in [0.5, 0.6) is 0 Å². The van der Waals surface area contributed by atoms with Gasteiger partial charge in [0.05, 0.1) is 6.42 Å². The standard InChI is InChI=1S/C16H21N3O2/c1-2-3-16(21)19-8-6-18(7-9-19)13-4-5-14-12(10-13)11-15(20)17-14/h4-5,10H,2-3,6-9,11H2,1H3,(H,17,20). The number of carbonyl (C=O) groups is 2. The average Bonchev–Trinajstić information content (AvgIpc) is 2.86. The van der Waals surface area contributed by atoms with E-state index in [-0.39, 0.29) is 11.8 Å². The first-order chi connectivity index (χ1) is 10.2. The zero-order chi connectivity index (χ0) is 14.8. The monoisotopic (exact) mass is 287 g/mol. The summed E-state index contributed by atoms with van der Waals surface area (Å²) in [6.07, 6.45) is 2.02. The number of fused-ring (bicyclic) bond motifs is 1. The van der Waals surface area contributed by atoms with Crippen molar-refractivity contribution in [3.05, 3.63) is 23.8 Å². The Bertz CT molecular complexity index is 563. The third-order valence-corrected chi connectivity index (χ3v) is 4.18. The summed E-state index contributed by atoms with van der Waals surface area (Å²) < 4.78 is 0. The Balaban J connectivity index is 1.64. The zero-order valence-electron chi connectivity index (χ0n) is 12.4. The molecule has 5 nitrogen and oxygen atoms in total. The van der Waals surface area contributed by atoms with Crippen LogP contribution in [0.3, 0.4) is 0 Å². The fourth-order valence-corrected chi connectivity index (χ4v) is 3.00. The first-order valence-electron chi connectivity index (χ1n) is 7.63. The summed E-state index contributed by atoms with van der Waals surface area (Å²) in [5.74, 6) is 0.332. The highest BCUT2D eigenvalue weighted by atomic mass is 16.2. The molecule has 1 saturated heterocycles. The van der Waals surface area contributed by atoms with E-state index in [0.29, 0.717) is 12.8 Å². The SMILES string of the molecule is CCCC(=O)N1CCN(c2ccc3c(c2)CC(=O)N3)CC1. The topological polar surface area (TPSA) is 52.7 Å². The Hall–Kier alpha value is -2.04. The van der Waals surface area contributed by atoms with Crippen LogP contribution >= 0.6 is 0 Å². The molecule has 21 heavy (non-hydrogen) atoms. The number of amides is 2. The van der Waals surface area contributed by atoms with Gasteiger partial charge in [-0.25, -0.2) is 0 Å². The van der Waals surface area contributed by atoms with E-state index in [0.717, 1.165) is 49.5 Å². The molecule has 0 saturated carbocycles. The molecule has 0 aliphatic carbocycles. The van der Waals surface area contributed by atoms with Crippen LogP contribution in [0.2, 0.25) is 0 Å². The minimum atomic E-state index is 0.0668. The molecule has 1 aromatic rings. The minimum Gasteiger partial charge on any atom is -0.368 e. The number of nitrogens with one attached hydrogen (secondary N) is 1. The molecule has 0 bridgehead atoms. The minimum absolute atomic E-state index is 0.0668. The van der Waals surface area contributed by atoms with Crippen molar-refractivity contribution >= 4 is 23.2 Å². The Morgan fingerprint density at radius 1 is 1.24 bits per heavy atom. The lowest BCUT2D eigenvalue weighted by molar-refractivity contribution is -0.131. The quantitative estimate of drug-likeness (QED) is 0.919. The van der Waals surface area contributed by atoms with E-state index in [2.05, 4.69) is 16.3 Å². The Morgan fingerprint density at radius 3 is 2.71 bits per heavy atom. The molecule has 0 atom stereocenters. The second kappa shape index (κ2) is 5.76. The number of benzene rings is 1. The highest BCUT2D eigenvalue weighted by Gasteiger charge is 2.23. The molecular formula is C16H21N3O2. The second-order valence-electron chi connectivity index (χ2n) is 5.68. The van der Waals surface area contributed by atoms with Crippen LogP contribution in [0.25, 0.3) is 0 Å². The largest absolute Gasteiger partial charge is 0.368 e. The average molecular weight is 287 g/mol. The summed E-state index contributed by atoms with van der Waals surface area (Å²) in [6, 6.07) is 6.12. The van der Waals surface area contributed by atoms with E-state index in [9.17, 15) is 9.59 Å². The molecule has 2 amide bonds. The van der Waals surface area contributed by atoms with Gasteiger partial charge in [0.15, 0.2) is 0 Å². The van der Waals surface area contributed by atoms with Gasteiger partial charge >= 0.3 is 0 Å². The van der Waals surface area contributed by atoms with Gasteiger partial charge in [-0.2, -0.15) is 0 Å². The first-order valence-corrected chi connectivity index (χ1v) is 7.63. The number of piperazine rings is 1. The second-order valence-corrected chi connectivity index (χ2v) is 5.68. The van der Waals surface area contributed by atoms with Gasteiger partial charge in [0.1, 0.15) is 0 Å². The van der Waals surface area contributed by atoms with Gasteiger partial charge in [0.2, 0.25) is 11.8 Å². The Morgan fingerprint density at radius 2 is 2.00 bits per heavy atom. The van der Waals surface area contributed by atoms with Crippen molar-refractivity contribution in [2.24, 2.45) is 0 Å². The van der Waals surface area contributed by atoms with Crippen molar-refractivity contribution in [1.29, 1.82) is 0 Å². The van der Waals surface area contributed by atoms with Gasteiger partial charge in [-0.1, -0.05) is 6.92 Å². The lowest BCUT2D eigenvalue weighted by Gasteiger charge is -2.36. The van der Waals surface area contributed by atoms with Crippen molar-refractivity contribution in [1.82, 2.24) is 4.90 Å². The molecule has 112 valence electrons. The lowest BCUT2D eigenvalue weighted by Crippen LogP contribution is -2.48. The fraction of sp³-hybridized carbons (Fsp3) is 0.500. The lowest BCUT2D eigenvalue weighted by atomic mass is 10.1. The van der Waals surface area contributed by atoms with Gasteiger partial charge < -0.3 is 15.1 Å². The molecule has 2 heterocycles. The van der Waals surface area contributed by atoms with Crippen LogP contribution in [0.15, 0.2) is 18.2 Å². The molecule has 1 N–H and O–H groups in total. The van der Waals surface area contributed by atoms with Crippen molar-refractivity contribution in [2.75, 3.05) is 36.4 Å².